The van der Waals surface area contributed by atoms with Gasteiger partial charge in [-0.05, 0) is 17.7 Å². The third kappa shape index (κ3) is 2.88. The highest BCUT2D eigenvalue weighted by atomic mass is 35.5. The molecule has 2 rings (SSSR count). The van der Waals surface area contributed by atoms with Crippen LogP contribution in [0.15, 0.2) is 18.2 Å². The quantitative estimate of drug-likeness (QED) is 0.917. The first kappa shape index (κ1) is 14.2. The lowest BCUT2D eigenvalue weighted by molar-refractivity contribution is -0.129. The normalized spacial score (nSPS) is 23.2. The molecule has 1 saturated heterocycles. The maximum Gasteiger partial charge on any atom is 0.224 e. The smallest absolute Gasteiger partial charge is 0.224 e. The number of benzene rings is 1. The highest BCUT2D eigenvalue weighted by molar-refractivity contribution is 6.30. The Morgan fingerprint density at radius 3 is 2.95 bits per heavy atom. The molecule has 0 aliphatic carbocycles. The Hall–Kier alpha value is -1.17. The van der Waals surface area contributed by atoms with Gasteiger partial charge in [-0.15, -0.1) is 0 Å². The van der Waals surface area contributed by atoms with Crippen LogP contribution in [0.2, 0.25) is 5.02 Å². The second-order valence-corrected chi connectivity index (χ2v) is 4.97. The molecule has 0 aromatic heterocycles. The van der Waals surface area contributed by atoms with Gasteiger partial charge in [0.2, 0.25) is 5.91 Å². The first-order valence-electron chi connectivity index (χ1n) is 6.03. The first-order valence-corrected chi connectivity index (χ1v) is 6.41. The number of rotatable bonds is 4. The van der Waals surface area contributed by atoms with Crippen molar-refractivity contribution in [2.45, 2.75) is 18.5 Å². The molecule has 1 fully saturated rings. The highest BCUT2D eigenvalue weighted by Crippen LogP contribution is 2.33. The summed E-state index contributed by atoms with van der Waals surface area (Å²) in [7, 11) is 1.57. The molecule has 1 amide bonds. The monoisotopic (exact) mass is 286 g/mol. The van der Waals surface area contributed by atoms with Crippen LogP contribution in [0.4, 0.5) is 4.39 Å². The second-order valence-electron chi connectivity index (χ2n) is 4.57. The van der Waals surface area contributed by atoms with Crippen LogP contribution < -0.4 is 5.73 Å². The van der Waals surface area contributed by atoms with E-state index in [9.17, 15) is 9.18 Å². The van der Waals surface area contributed by atoms with Crippen LogP contribution in [0.3, 0.4) is 0 Å². The zero-order valence-corrected chi connectivity index (χ0v) is 11.4. The molecular weight excluding hydrogens is 271 g/mol. The van der Waals surface area contributed by atoms with Crippen molar-refractivity contribution >= 4 is 17.5 Å². The lowest BCUT2D eigenvalue weighted by Gasteiger charge is -2.27. The Morgan fingerprint density at radius 2 is 2.32 bits per heavy atom. The summed E-state index contributed by atoms with van der Waals surface area (Å²) in [5, 5.41) is 0.0377. The van der Waals surface area contributed by atoms with Gasteiger partial charge in [0.25, 0.3) is 0 Å². The van der Waals surface area contributed by atoms with E-state index in [0.717, 1.165) is 5.56 Å². The number of methoxy groups -OCH3 is 1. The standard InChI is InChI=1S/C13H16ClFN2O2/c1-19-5-4-17-12(18)7-11(16)13(17)8-2-3-10(15)9(14)6-8/h2-3,6,11,13H,4-5,7,16H2,1H3. The molecule has 104 valence electrons. The Morgan fingerprint density at radius 1 is 1.58 bits per heavy atom. The number of likely N-dealkylation sites (tertiary alicyclic amines) is 1. The largest absolute Gasteiger partial charge is 0.383 e. The van der Waals surface area contributed by atoms with Crippen LogP contribution >= 0.6 is 11.6 Å². The molecule has 1 aromatic rings. The van der Waals surface area contributed by atoms with E-state index >= 15 is 0 Å². The molecule has 19 heavy (non-hydrogen) atoms. The summed E-state index contributed by atoms with van der Waals surface area (Å²) in [5.74, 6) is -0.498. The molecule has 0 spiro atoms. The molecule has 2 unspecified atom stereocenters. The Balaban J connectivity index is 2.28. The fraction of sp³-hybridized carbons (Fsp3) is 0.462. The molecule has 0 bridgehead atoms. The van der Waals surface area contributed by atoms with Crippen LogP contribution in [0.1, 0.15) is 18.0 Å². The van der Waals surface area contributed by atoms with Crippen molar-refractivity contribution < 1.29 is 13.9 Å². The third-order valence-corrected chi connectivity index (χ3v) is 3.58. The number of carbonyl (C=O) groups is 1. The molecule has 6 heteroatoms. The molecule has 1 aliphatic rings. The molecule has 0 radical (unpaired) electrons. The second kappa shape index (κ2) is 5.86. The van der Waals surface area contributed by atoms with Gasteiger partial charge in [-0.3, -0.25) is 4.79 Å². The van der Waals surface area contributed by atoms with Gasteiger partial charge in [-0.2, -0.15) is 0 Å². The minimum absolute atomic E-state index is 0.0185. The summed E-state index contributed by atoms with van der Waals surface area (Å²) < 4.78 is 18.2. The Labute approximate surface area is 116 Å². The van der Waals surface area contributed by atoms with E-state index in [1.54, 1.807) is 18.1 Å². The molecule has 4 nitrogen and oxygen atoms in total. The van der Waals surface area contributed by atoms with Crippen LogP contribution in [0.25, 0.3) is 0 Å². The molecule has 1 heterocycles. The number of nitrogens with two attached hydrogens (primary N) is 1. The van der Waals surface area contributed by atoms with Gasteiger partial charge in [-0.25, -0.2) is 4.39 Å². The van der Waals surface area contributed by atoms with Crippen molar-refractivity contribution in [2.24, 2.45) is 5.73 Å². The average molecular weight is 287 g/mol. The van der Waals surface area contributed by atoms with Gasteiger partial charge in [0.05, 0.1) is 17.7 Å². The minimum Gasteiger partial charge on any atom is -0.383 e. The molecule has 2 atom stereocenters. The lowest BCUT2D eigenvalue weighted by Crippen LogP contribution is -2.35. The summed E-state index contributed by atoms with van der Waals surface area (Å²) in [5.41, 5.74) is 6.76. The number of ether oxygens (including phenoxy) is 1. The zero-order valence-electron chi connectivity index (χ0n) is 10.6. The topological polar surface area (TPSA) is 55.6 Å². The summed E-state index contributed by atoms with van der Waals surface area (Å²) in [6, 6.07) is 3.85. The van der Waals surface area contributed by atoms with Gasteiger partial charge in [0, 0.05) is 26.1 Å². The van der Waals surface area contributed by atoms with Crippen LogP contribution in [0, 0.1) is 5.82 Å². The summed E-state index contributed by atoms with van der Waals surface area (Å²) in [4.78, 5) is 13.6. The minimum atomic E-state index is -0.480. The fourth-order valence-electron chi connectivity index (χ4n) is 2.39. The van der Waals surface area contributed by atoms with Crippen molar-refractivity contribution in [1.82, 2.24) is 4.90 Å². The Kier molecular flexibility index (Phi) is 4.39. The fourth-order valence-corrected chi connectivity index (χ4v) is 2.58. The Bertz CT molecular complexity index is 484. The molecule has 2 N–H and O–H groups in total. The maximum absolute atomic E-state index is 13.2. The van der Waals surface area contributed by atoms with Gasteiger partial charge < -0.3 is 15.4 Å². The summed E-state index contributed by atoms with van der Waals surface area (Å²) in [6.45, 7) is 0.895. The van der Waals surface area contributed by atoms with Crippen LogP contribution in [-0.2, 0) is 9.53 Å². The van der Waals surface area contributed by atoms with E-state index in [4.69, 9.17) is 22.1 Å². The summed E-state index contributed by atoms with van der Waals surface area (Å²) in [6.07, 6.45) is 0.281. The van der Waals surface area contributed by atoms with Crippen molar-refractivity contribution in [3.8, 4) is 0 Å². The number of hydrogen-bond donors (Lipinski definition) is 1. The number of nitrogens with zero attached hydrogens (tertiary/aromatic N) is 1. The van der Waals surface area contributed by atoms with E-state index < -0.39 is 5.82 Å². The van der Waals surface area contributed by atoms with Gasteiger partial charge >= 0.3 is 0 Å². The number of carbonyl (C=O) groups excluding carboxylic acids is 1. The van der Waals surface area contributed by atoms with E-state index in [1.807, 2.05) is 0 Å². The highest BCUT2D eigenvalue weighted by Gasteiger charge is 2.38. The van der Waals surface area contributed by atoms with Crippen molar-refractivity contribution in [3.05, 3.63) is 34.6 Å². The van der Waals surface area contributed by atoms with E-state index in [-0.39, 0.29) is 29.4 Å². The van der Waals surface area contributed by atoms with Gasteiger partial charge in [0.1, 0.15) is 5.82 Å². The van der Waals surface area contributed by atoms with E-state index in [0.29, 0.717) is 13.2 Å². The first-order chi connectivity index (χ1) is 9.04. The van der Waals surface area contributed by atoms with Crippen molar-refractivity contribution in [1.29, 1.82) is 0 Å². The van der Waals surface area contributed by atoms with Crippen LogP contribution in [-0.4, -0.2) is 37.1 Å². The number of hydrogen-bond acceptors (Lipinski definition) is 3. The van der Waals surface area contributed by atoms with Crippen molar-refractivity contribution in [3.63, 3.8) is 0 Å². The third-order valence-electron chi connectivity index (χ3n) is 3.29. The maximum atomic E-state index is 13.2. The van der Waals surface area contributed by atoms with Gasteiger partial charge in [0.15, 0.2) is 0 Å². The van der Waals surface area contributed by atoms with Crippen molar-refractivity contribution in [2.75, 3.05) is 20.3 Å². The van der Waals surface area contributed by atoms with Gasteiger partial charge in [-0.1, -0.05) is 17.7 Å². The lowest BCUT2D eigenvalue weighted by atomic mass is 10.0. The van der Waals surface area contributed by atoms with E-state index in [2.05, 4.69) is 0 Å². The van der Waals surface area contributed by atoms with E-state index in [1.165, 1.54) is 12.1 Å². The van der Waals surface area contributed by atoms with Crippen LogP contribution in [0.5, 0.6) is 0 Å². The molecule has 0 saturated carbocycles. The predicted octanol–water partition coefficient (Wildman–Crippen LogP) is 1.73. The predicted molar refractivity (Wildman–Crippen MR) is 70.3 cm³/mol. The molecule has 1 aromatic carbocycles. The number of halogens is 2. The molecule has 1 aliphatic heterocycles. The summed E-state index contributed by atoms with van der Waals surface area (Å²) >= 11 is 5.78. The molecular formula is C13H16ClFN2O2. The zero-order chi connectivity index (χ0) is 14.0. The average Bonchev–Trinajstić information content (AvgIpc) is 2.65. The number of amides is 1. The SMILES string of the molecule is COCCN1C(=O)CC(N)C1c1ccc(F)c(Cl)c1.